The van der Waals surface area contributed by atoms with Crippen LogP contribution in [0.4, 0.5) is 0 Å². The van der Waals surface area contributed by atoms with Gasteiger partial charge in [0.2, 0.25) is 5.91 Å². The predicted molar refractivity (Wildman–Crippen MR) is 146 cm³/mol. The highest BCUT2D eigenvalue weighted by atomic mass is 16.5. The second-order valence-corrected chi connectivity index (χ2v) is 8.96. The van der Waals surface area contributed by atoms with E-state index in [9.17, 15) is 4.79 Å². The molecule has 0 radical (unpaired) electrons. The van der Waals surface area contributed by atoms with Gasteiger partial charge in [-0.1, -0.05) is 36.4 Å². The molecule has 4 rings (SSSR count). The minimum absolute atomic E-state index is 0.0194. The molecule has 0 aliphatic carbocycles. The molecule has 1 aromatic heterocycles. The van der Waals surface area contributed by atoms with Crippen molar-refractivity contribution in [2.24, 2.45) is 0 Å². The molecule has 1 amide bonds. The highest BCUT2D eigenvalue weighted by molar-refractivity contribution is 5.79. The SMILES string of the molecule is COc1ccc(CC(=O)NCCCc2nc3ccccc3n2CCCOc2ccccc2C)cc1OC. The van der Waals surface area contributed by atoms with E-state index in [-0.39, 0.29) is 5.91 Å². The van der Waals surface area contributed by atoms with Gasteiger partial charge in [-0.05, 0) is 61.2 Å². The monoisotopic (exact) mass is 501 g/mol. The summed E-state index contributed by atoms with van der Waals surface area (Å²) >= 11 is 0. The van der Waals surface area contributed by atoms with Crippen molar-refractivity contribution in [2.75, 3.05) is 27.4 Å². The Morgan fingerprint density at radius 3 is 2.51 bits per heavy atom. The molecule has 1 N–H and O–H groups in total. The van der Waals surface area contributed by atoms with Gasteiger partial charge < -0.3 is 24.1 Å². The van der Waals surface area contributed by atoms with Crippen LogP contribution in [0.3, 0.4) is 0 Å². The molecular weight excluding hydrogens is 466 g/mol. The Morgan fingerprint density at radius 2 is 1.70 bits per heavy atom. The van der Waals surface area contributed by atoms with E-state index in [1.165, 1.54) is 0 Å². The fraction of sp³-hybridized carbons (Fsp3) is 0.333. The van der Waals surface area contributed by atoms with Gasteiger partial charge in [-0.15, -0.1) is 0 Å². The van der Waals surface area contributed by atoms with Gasteiger partial charge >= 0.3 is 0 Å². The van der Waals surface area contributed by atoms with Crippen LogP contribution >= 0.6 is 0 Å². The summed E-state index contributed by atoms with van der Waals surface area (Å²) in [5, 5.41) is 3.03. The molecule has 0 atom stereocenters. The lowest BCUT2D eigenvalue weighted by Crippen LogP contribution is -2.26. The molecule has 0 aliphatic rings. The Morgan fingerprint density at radius 1 is 0.919 bits per heavy atom. The van der Waals surface area contributed by atoms with Crippen molar-refractivity contribution in [2.45, 2.75) is 39.2 Å². The number of carbonyl (C=O) groups excluding carboxylic acids is 1. The number of imidazole rings is 1. The first kappa shape index (κ1) is 26.1. The largest absolute Gasteiger partial charge is 0.493 e. The Balaban J connectivity index is 1.29. The third kappa shape index (κ3) is 6.82. The van der Waals surface area contributed by atoms with Crippen LogP contribution in [0.2, 0.25) is 0 Å². The van der Waals surface area contributed by atoms with E-state index < -0.39 is 0 Å². The summed E-state index contributed by atoms with van der Waals surface area (Å²) in [5.41, 5.74) is 4.15. The number of para-hydroxylation sites is 3. The van der Waals surface area contributed by atoms with E-state index in [2.05, 4.69) is 28.9 Å². The van der Waals surface area contributed by atoms with Crippen LogP contribution in [-0.2, 0) is 24.2 Å². The summed E-state index contributed by atoms with van der Waals surface area (Å²) < 4.78 is 18.9. The van der Waals surface area contributed by atoms with Crippen molar-refractivity contribution in [3.05, 3.63) is 83.7 Å². The first-order valence-corrected chi connectivity index (χ1v) is 12.7. The van der Waals surface area contributed by atoms with Crippen LogP contribution in [0, 0.1) is 6.92 Å². The number of aromatic nitrogens is 2. The number of carbonyl (C=O) groups is 1. The molecule has 7 heteroatoms. The first-order valence-electron chi connectivity index (χ1n) is 12.7. The van der Waals surface area contributed by atoms with E-state index in [1.807, 2.05) is 54.6 Å². The molecule has 37 heavy (non-hydrogen) atoms. The number of methoxy groups -OCH3 is 2. The molecule has 3 aromatic carbocycles. The summed E-state index contributed by atoms with van der Waals surface area (Å²) in [6, 6.07) is 21.8. The standard InChI is InChI=1S/C30H35N3O4/c1-22-10-4-7-13-26(22)37-19-9-18-33-25-12-6-5-11-24(25)32-29(33)14-8-17-31-30(34)21-23-15-16-27(35-2)28(20-23)36-3/h4-7,10-13,15-16,20H,8-9,14,17-19,21H2,1-3H3,(H,31,34). The fourth-order valence-electron chi connectivity index (χ4n) is 4.40. The number of benzene rings is 3. The third-order valence-corrected chi connectivity index (χ3v) is 6.32. The molecule has 7 nitrogen and oxygen atoms in total. The number of nitrogens with zero attached hydrogens (tertiary/aromatic N) is 2. The molecule has 0 saturated heterocycles. The molecule has 0 spiro atoms. The van der Waals surface area contributed by atoms with Gasteiger partial charge in [-0.25, -0.2) is 4.98 Å². The van der Waals surface area contributed by atoms with Crippen molar-refractivity contribution in [3.63, 3.8) is 0 Å². The molecule has 4 aromatic rings. The number of nitrogens with one attached hydrogen (secondary N) is 1. The van der Waals surface area contributed by atoms with Gasteiger partial charge in [0.25, 0.3) is 0 Å². The fourth-order valence-corrected chi connectivity index (χ4v) is 4.40. The van der Waals surface area contributed by atoms with Gasteiger partial charge in [0.1, 0.15) is 11.6 Å². The third-order valence-electron chi connectivity index (χ3n) is 6.32. The molecule has 1 heterocycles. The minimum Gasteiger partial charge on any atom is -0.493 e. The number of rotatable bonds is 13. The topological polar surface area (TPSA) is 74.6 Å². The zero-order valence-corrected chi connectivity index (χ0v) is 21.8. The van der Waals surface area contributed by atoms with Crippen molar-refractivity contribution in [1.82, 2.24) is 14.9 Å². The number of hydrogen-bond acceptors (Lipinski definition) is 5. The van der Waals surface area contributed by atoms with E-state index in [1.54, 1.807) is 14.2 Å². The maximum absolute atomic E-state index is 12.5. The molecule has 0 fully saturated rings. The number of amides is 1. The summed E-state index contributed by atoms with van der Waals surface area (Å²) in [6.45, 7) is 4.12. The normalized spacial score (nSPS) is 10.9. The lowest BCUT2D eigenvalue weighted by Gasteiger charge is -2.12. The van der Waals surface area contributed by atoms with Crippen molar-refractivity contribution >= 4 is 16.9 Å². The van der Waals surface area contributed by atoms with Crippen LogP contribution in [0.25, 0.3) is 11.0 Å². The summed E-state index contributed by atoms with van der Waals surface area (Å²) in [7, 11) is 3.18. The Hall–Kier alpha value is -4.00. The molecule has 0 unspecified atom stereocenters. The van der Waals surface area contributed by atoms with Gasteiger partial charge in [-0.3, -0.25) is 4.79 Å². The van der Waals surface area contributed by atoms with Crippen molar-refractivity contribution in [1.29, 1.82) is 0 Å². The van der Waals surface area contributed by atoms with Crippen LogP contribution in [-0.4, -0.2) is 42.8 Å². The minimum atomic E-state index is -0.0194. The lowest BCUT2D eigenvalue weighted by atomic mass is 10.1. The Bertz CT molecular complexity index is 1330. The van der Waals surface area contributed by atoms with E-state index in [0.29, 0.717) is 31.1 Å². The van der Waals surface area contributed by atoms with Gasteiger partial charge in [-0.2, -0.15) is 0 Å². The van der Waals surface area contributed by atoms with Crippen LogP contribution in [0.15, 0.2) is 66.7 Å². The zero-order valence-electron chi connectivity index (χ0n) is 21.8. The Kier molecular flexibility index (Phi) is 9.03. The van der Waals surface area contributed by atoms with Crippen molar-refractivity contribution < 1.29 is 19.0 Å². The maximum Gasteiger partial charge on any atom is 0.224 e. The molecule has 194 valence electrons. The quantitative estimate of drug-likeness (QED) is 0.257. The average molecular weight is 502 g/mol. The van der Waals surface area contributed by atoms with E-state index in [4.69, 9.17) is 19.2 Å². The molecular formula is C30H35N3O4. The number of ether oxygens (including phenoxy) is 3. The molecule has 0 saturated carbocycles. The number of aryl methyl sites for hydroxylation is 3. The van der Waals surface area contributed by atoms with Crippen molar-refractivity contribution in [3.8, 4) is 17.2 Å². The van der Waals surface area contributed by atoms with Gasteiger partial charge in [0.15, 0.2) is 11.5 Å². The smallest absolute Gasteiger partial charge is 0.224 e. The lowest BCUT2D eigenvalue weighted by molar-refractivity contribution is -0.120. The van der Waals surface area contributed by atoms with E-state index in [0.717, 1.165) is 59.5 Å². The summed E-state index contributed by atoms with van der Waals surface area (Å²) in [6.07, 6.45) is 2.76. The van der Waals surface area contributed by atoms with Crippen LogP contribution < -0.4 is 19.5 Å². The first-order chi connectivity index (χ1) is 18.1. The summed E-state index contributed by atoms with van der Waals surface area (Å²) in [5.74, 6) is 3.22. The molecule has 0 aliphatic heterocycles. The van der Waals surface area contributed by atoms with Gasteiger partial charge in [0, 0.05) is 19.5 Å². The van der Waals surface area contributed by atoms with E-state index >= 15 is 0 Å². The predicted octanol–water partition coefficient (Wildman–Crippen LogP) is 5.12. The second kappa shape index (κ2) is 12.8. The molecule has 0 bridgehead atoms. The highest BCUT2D eigenvalue weighted by Crippen LogP contribution is 2.27. The number of hydrogen-bond donors (Lipinski definition) is 1. The number of fused-ring (bicyclic) bond motifs is 1. The maximum atomic E-state index is 12.5. The summed E-state index contributed by atoms with van der Waals surface area (Å²) in [4.78, 5) is 17.4. The van der Waals surface area contributed by atoms with Gasteiger partial charge in [0.05, 0.1) is 38.3 Å². The second-order valence-electron chi connectivity index (χ2n) is 8.96. The Labute approximate surface area is 218 Å². The highest BCUT2D eigenvalue weighted by Gasteiger charge is 2.12. The average Bonchev–Trinajstić information content (AvgIpc) is 3.27. The van der Waals surface area contributed by atoms with Crippen LogP contribution in [0.5, 0.6) is 17.2 Å². The zero-order chi connectivity index (χ0) is 26.0. The van der Waals surface area contributed by atoms with Crippen LogP contribution in [0.1, 0.15) is 29.8 Å².